The summed E-state index contributed by atoms with van der Waals surface area (Å²) in [4.78, 5) is 26.4. The molecule has 0 rings (SSSR count). The lowest BCUT2D eigenvalue weighted by Crippen LogP contribution is -2.44. The van der Waals surface area contributed by atoms with Crippen LogP contribution in [0.15, 0.2) is 0 Å². The molecule has 0 spiro atoms. The van der Waals surface area contributed by atoms with E-state index in [0.717, 1.165) is 0 Å². The average molecular weight is 260 g/mol. The molecule has 0 aromatic heterocycles. The molecule has 106 valence electrons. The van der Waals surface area contributed by atoms with Gasteiger partial charge in [-0.2, -0.15) is 0 Å². The molecule has 0 aromatic rings. The number of hydrogen-bond donors (Lipinski definition) is 0. The lowest BCUT2D eigenvalue weighted by molar-refractivity contribution is -0.147. The molecule has 0 aromatic carbocycles. The van der Waals surface area contributed by atoms with Crippen molar-refractivity contribution in [1.29, 1.82) is 0 Å². The smallest absolute Gasteiger partial charge is 0.322 e. The predicted molar refractivity (Wildman–Crippen MR) is 68.2 cm³/mol. The minimum Gasteiger partial charge on any atom is -0.468 e. The van der Waals surface area contributed by atoms with Crippen LogP contribution in [0.25, 0.3) is 0 Å². The zero-order valence-electron chi connectivity index (χ0n) is 12.1. The van der Waals surface area contributed by atoms with Crippen LogP contribution >= 0.6 is 0 Å². The lowest BCUT2D eigenvalue weighted by Gasteiger charge is -2.27. The Labute approximate surface area is 109 Å². The van der Waals surface area contributed by atoms with Crippen molar-refractivity contribution < 1.29 is 19.1 Å². The highest BCUT2D eigenvalue weighted by atomic mass is 16.5. The maximum absolute atomic E-state index is 11.3. The number of carbonyl (C=O) groups is 2. The van der Waals surface area contributed by atoms with Crippen LogP contribution in [-0.2, 0) is 19.1 Å². The van der Waals surface area contributed by atoms with Crippen LogP contribution in [0.5, 0.6) is 0 Å². The summed E-state index contributed by atoms with van der Waals surface area (Å²) in [6, 6.07) is -0.589. The van der Waals surface area contributed by atoms with Gasteiger partial charge in [-0.1, -0.05) is 0 Å². The Hall–Kier alpha value is -1.14. The Kier molecular flexibility index (Phi) is 7.54. The topological polar surface area (TPSA) is 59.1 Å². The molecular weight excluding hydrogens is 236 g/mol. The SMILES string of the molecule is COC(=O)C(C)N(C)CCN(C)C(C)C(=O)OC. The zero-order chi connectivity index (χ0) is 14.3. The van der Waals surface area contributed by atoms with Gasteiger partial charge in [0.25, 0.3) is 0 Å². The molecule has 0 aliphatic rings. The Morgan fingerprint density at radius 1 is 0.889 bits per heavy atom. The third-order valence-electron chi connectivity index (χ3n) is 3.21. The van der Waals surface area contributed by atoms with Crippen molar-refractivity contribution in [2.45, 2.75) is 25.9 Å². The normalized spacial score (nSPS) is 14.4. The van der Waals surface area contributed by atoms with Crippen LogP contribution < -0.4 is 0 Å². The first-order valence-electron chi connectivity index (χ1n) is 5.91. The summed E-state index contributed by atoms with van der Waals surface area (Å²) in [6.07, 6.45) is 0. The number of carbonyl (C=O) groups excluding carboxylic acids is 2. The number of rotatable bonds is 7. The second-order valence-corrected chi connectivity index (χ2v) is 4.36. The molecule has 0 saturated heterocycles. The summed E-state index contributed by atoms with van der Waals surface area (Å²) in [5.41, 5.74) is 0. The summed E-state index contributed by atoms with van der Waals surface area (Å²) in [7, 11) is 6.44. The summed E-state index contributed by atoms with van der Waals surface area (Å²) in [5.74, 6) is -0.526. The number of ether oxygens (including phenoxy) is 2. The van der Waals surface area contributed by atoms with Gasteiger partial charge in [0.15, 0.2) is 0 Å². The highest BCUT2D eigenvalue weighted by molar-refractivity contribution is 5.75. The van der Waals surface area contributed by atoms with E-state index in [1.807, 2.05) is 23.9 Å². The van der Waals surface area contributed by atoms with Crippen molar-refractivity contribution in [3.05, 3.63) is 0 Å². The summed E-state index contributed by atoms with van der Waals surface area (Å²) < 4.78 is 9.35. The second kappa shape index (κ2) is 8.05. The number of methoxy groups -OCH3 is 2. The first-order valence-corrected chi connectivity index (χ1v) is 5.91. The molecule has 0 heterocycles. The van der Waals surface area contributed by atoms with Crippen LogP contribution in [0.2, 0.25) is 0 Å². The maximum Gasteiger partial charge on any atom is 0.322 e. The molecule has 0 amide bonds. The molecule has 0 N–H and O–H groups in total. The summed E-state index contributed by atoms with van der Waals surface area (Å²) in [5, 5.41) is 0. The molecule has 2 unspecified atom stereocenters. The van der Waals surface area contributed by atoms with Gasteiger partial charge in [0.05, 0.1) is 14.2 Å². The van der Waals surface area contributed by atoms with Crippen LogP contribution in [0.1, 0.15) is 13.8 Å². The monoisotopic (exact) mass is 260 g/mol. The lowest BCUT2D eigenvalue weighted by atomic mass is 10.2. The molecule has 0 aliphatic carbocycles. The molecule has 2 atom stereocenters. The fourth-order valence-electron chi connectivity index (χ4n) is 1.40. The van der Waals surface area contributed by atoms with Gasteiger partial charge in [-0.3, -0.25) is 19.4 Å². The minimum absolute atomic E-state index is 0.263. The predicted octanol–water partition coefficient (Wildman–Crippen LogP) is -0.0270. The largest absolute Gasteiger partial charge is 0.468 e. The van der Waals surface area contributed by atoms with E-state index < -0.39 is 0 Å². The highest BCUT2D eigenvalue weighted by Crippen LogP contribution is 2.01. The third kappa shape index (κ3) is 5.01. The van der Waals surface area contributed by atoms with Gasteiger partial charge in [0.2, 0.25) is 0 Å². The van der Waals surface area contributed by atoms with Crippen LogP contribution in [0.3, 0.4) is 0 Å². The molecule has 6 nitrogen and oxygen atoms in total. The van der Waals surface area contributed by atoms with Gasteiger partial charge >= 0.3 is 11.9 Å². The van der Waals surface area contributed by atoms with Crippen molar-refractivity contribution in [3.8, 4) is 0 Å². The number of esters is 2. The van der Waals surface area contributed by atoms with Crippen molar-refractivity contribution in [2.24, 2.45) is 0 Å². The average Bonchev–Trinajstić information content (AvgIpc) is 2.40. The fourth-order valence-corrected chi connectivity index (χ4v) is 1.40. The molecule has 6 heteroatoms. The minimum atomic E-state index is -0.295. The van der Waals surface area contributed by atoms with E-state index >= 15 is 0 Å². The zero-order valence-corrected chi connectivity index (χ0v) is 12.1. The fraction of sp³-hybridized carbons (Fsp3) is 0.833. The van der Waals surface area contributed by atoms with Crippen LogP contribution in [0.4, 0.5) is 0 Å². The van der Waals surface area contributed by atoms with Gasteiger partial charge in [0.1, 0.15) is 12.1 Å². The Morgan fingerprint density at radius 3 is 1.39 bits per heavy atom. The summed E-state index contributed by atoms with van der Waals surface area (Å²) >= 11 is 0. The van der Waals surface area contributed by atoms with Crippen molar-refractivity contribution in [3.63, 3.8) is 0 Å². The number of hydrogen-bond acceptors (Lipinski definition) is 6. The quantitative estimate of drug-likeness (QED) is 0.599. The van der Waals surface area contributed by atoms with E-state index in [1.54, 1.807) is 13.8 Å². The van der Waals surface area contributed by atoms with Gasteiger partial charge < -0.3 is 9.47 Å². The summed E-state index contributed by atoms with van der Waals surface area (Å²) in [6.45, 7) is 4.90. The molecular formula is C12H24N2O4. The van der Waals surface area contributed by atoms with E-state index in [9.17, 15) is 9.59 Å². The number of likely N-dealkylation sites (N-methyl/N-ethyl adjacent to an activating group) is 2. The number of nitrogens with zero attached hydrogens (tertiary/aromatic N) is 2. The van der Waals surface area contributed by atoms with Gasteiger partial charge in [-0.05, 0) is 27.9 Å². The van der Waals surface area contributed by atoms with Crippen molar-refractivity contribution >= 4 is 11.9 Å². The molecule has 0 aliphatic heterocycles. The molecule has 0 saturated carbocycles. The van der Waals surface area contributed by atoms with Gasteiger partial charge in [0, 0.05) is 13.1 Å². The van der Waals surface area contributed by atoms with Gasteiger partial charge in [-0.25, -0.2) is 0 Å². The Bertz CT molecular complexity index is 255. The highest BCUT2D eigenvalue weighted by Gasteiger charge is 2.21. The first-order chi connectivity index (χ1) is 8.34. The van der Waals surface area contributed by atoms with E-state index in [4.69, 9.17) is 0 Å². The van der Waals surface area contributed by atoms with Crippen LogP contribution in [-0.4, -0.2) is 75.2 Å². The second-order valence-electron chi connectivity index (χ2n) is 4.36. The van der Waals surface area contributed by atoms with Gasteiger partial charge in [-0.15, -0.1) is 0 Å². The standard InChI is InChI=1S/C12H24N2O4/c1-9(11(15)17-5)13(3)7-8-14(4)10(2)12(16)18-6/h9-10H,7-8H2,1-6H3. The first kappa shape index (κ1) is 16.9. The molecule has 0 radical (unpaired) electrons. The maximum atomic E-state index is 11.3. The van der Waals surface area contributed by atoms with Crippen molar-refractivity contribution in [1.82, 2.24) is 9.80 Å². The Morgan fingerprint density at radius 2 is 1.17 bits per heavy atom. The van der Waals surface area contributed by atoms with E-state index in [-0.39, 0.29) is 24.0 Å². The van der Waals surface area contributed by atoms with Crippen LogP contribution in [0, 0.1) is 0 Å². The third-order valence-corrected chi connectivity index (χ3v) is 3.21. The molecule has 18 heavy (non-hydrogen) atoms. The molecule has 0 bridgehead atoms. The van der Waals surface area contributed by atoms with E-state index in [1.165, 1.54) is 14.2 Å². The molecule has 0 fully saturated rings. The van der Waals surface area contributed by atoms with Crippen molar-refractivity contribution in [2.75, 3.05) is 41.4 Å². The van der Waals surface area contributed by atoms with E-state index in [2.05, 4.69) is 9.47 Å². The van der Waals surface area contributed by atoms with E-state index in [0.29, 0.717) is 13.1 Å². The Balaban J connectivity index is 4.16.